The van der Waals surface area contributed by atoms with Gasteiger partial charge in [-0.1, -0.05) is 74.2 Å². The van der Waals surface area contributed by atoms with Gasteiger partial charge in [0.1, 0.15) is 34.5 Å². The first-order valence-corrected chi connectivity index (χ1v) is 23.9. The number of rotatable bonds is 22. The summed E-state index contributed by atoms with van der Waals surface area (Å²) in [4.78, 5) is 25.8. The van der Waals surface area contributed by atoms with Crippen molar-refractivity contribution in [1.82, 2.24) is 9.97 Å². The topological polar surface area (TPSA) is 137 Å². The Bertz CT molecular complexity index is 2760. The molecule has 2 aromatic heterocycles. The Morgan fingerprint density at radius 3 is 1.45 bits per heavy atom. The van der Waals surface area contributed by atoms with Crippen LogP contribution < -0.4 is 14.2 Å². The van der Waals surface area contributed by atoms with Crippen LogP contribution in [0, 0.1) is 13.8 Å². The Labute approximate surface area is 406 Å². The van der Waals surface area contributed by atoms with E-state index in [1.54, 1.807) is 12.1 Å². The number of aromatic hydroxyl groups is 1. The molecule has 0 saturated heterocycles. The number of aryl methyl sites for hydroxylation is 4. The predicted molar refractivity (Wildman–Crippen MR) is 275 cm³/mol. The van der Waals surface area contributed by atoms with Crippen molar-refractivity contribution >= 4 is 21.8 Å². The maximum atomic E-state index is 9.71. The Hall–Kier alpha value is -6.60. The maximum absolute atomic E-state index is 9.71. The van der Waals surface area contributed by atoms with Gasteiger partial charge in [-0.3, -0.25) is 0 Å². The maximum Gasteiger partial charge on any atom is 0.127 e. The minimum Gasteiger partial charge on any atom is -0.508 e. The molecule has 0 unspecified atom stereocenters. The molecule has 0 atom stereocenters. The smallest absolute Gasteiger partial charge is 0.127 e. The first-order valence-electron chi connectivity index (χ1n) is 23.9. The molecule has 0 aliphatic carbocycles. The number of aromatic amines is 2. The summed E-state index contributed by atoms with van der Waals surface area (Å²) in [6.07, 6.45) is 6.97. The van der Waals surface area contributed by atoms with Gasteiger partial charge in [-0.05, 0) is 170 Å². The summed E-state index contributed by atoms with van der Waals surface area (Å²) in [5.41, 5.74) is 11.4. The van der Waals surface area contributed by atoms with E-state index < -0.39 is 0 Å². The Morgan fingerprint density at radius 1 is 0.464 bits per heavy atom. The number of aliphatic hydroxyl groups excluding tert-OH is 1. The molecular weight excluding hydrogens is 869 g/mol. The van der Waals surface area contributed by atoms with Crippen LogP contribution in [0.15, 0.2) is 133 Å². The molecule has 69 heavy (non-hydrogen) atoms. The van der Waals surface area contributed by atoms with E-state index in [1.807, 2.05) is 61.5 Å². The number of benzene rings is 6. The largest absolute Gasteiger partial charge is 0.508 e. The molecule has 8 rings (SSSR count). The zero-order valence-electron chi connectivity index (χ0n) is 40.9. The molecule has 364 valence electrons. The second-order valence-electron chi connectivity index (χ2n) is 16.9. The third kappa shape index (κ3) is 16.6. The summed E-state index contributed by atoms with van der Waals surface area (Å²) in [7, 11) is 3.04. The summed E-state index contributed by atoms with van der Waals surface area (Å²) in [6.45, 7) is 10.3. The van der Waals surface area contributed by atoms with Crippen molar-refractivity contribution in [2.24, 2.45) is 0 Å². The first kappa shape index (κ1) is 51.8. The number of aromatic nitrogens is 2. The van der Waals surface area contributed by atoms with Gasteiger partial charge in [0.15, 0.2) is 0 Å². The molecule has 0 aliphatic rings. The van der Waals surface area contributed by atoms with Crippen molar-refractivity contribution in [3.8, 4) is 34.5 Å². The van der Waals surface area contributed by atoms with Crippen LogP contribution in [-0.2, 0) is 58.1 Å². The van der Waals surface area contributed by atoms with Gasteiger partial charge in [0.2, 0.25) is 0 Å². The van der Waals surface area contributed by atoms with E-state index in [4.69, 9.17) is 29.1 Å². The lowest BCUT2D eigenvalue weighted by molar-refractivity contribution is -0.271. The molecule has 8 aromatic rings. The number of ether oxygens (including phenoxy) is 3. The molecule has 0 amide bonds. The fourth-order valence-electron chi connectivity index (χ4n) is 7.75. The number of fused-ring (bicyclic) bond motifs is 2. The minimum atomic E-state index is 0.168. The number of H-pyrrole nitrogens is 2. The molecule has 0 spiro atoms. The molecule has 11 nitrogen and oxygen atoms in total. The van der Waals surface area contributed by atoms with Crippen LogP contribution >= 0.6 is 0 Å². The van der Waals surface area contributed by atoms with Gasteiger partial charge in [-0.25, -0.2) is 19.6 Å². The van der Waals surface area contributed by atoms with Gasteiger partial charge in [0.05, 0.1) is 34.0 Å². The molecule has 0 radical (unpaired) electrons. The van der Waals surface area contributed by atoms with Gasteiger partial charge in [0.25, 0.3) is 0 Å². The lowest BCUT2D eigenvalue weighted by Gasteiger charge is -2.13. The van der Waals surface area contributed by atoms with Crippen LogP contribution in [0.2, 0.25) is 0 Å². The highest BCUT2D eigenvalue weighted by Crippen LogP contribution is 2.31. The third-order valence-electron chi connectivity index (χ3n) is 11.3. The highest BCUT2D eigenvalue weighted by molar-refractivity contribution is 5.82. The second-order valence-corrected chi connectivity index (χ2v) is 16.9. The summed E-state index contributed by atoms with van der Waals surface area (Å²) in [5.74, 6) is 4.52. The van der Waals surface area contributed by atoms with Gasteiger partial charge >= 0.3 is 0 Å². The monoisotopic (exact) mass is 936 g/mol. The molecule has 11 heteroatoms. The standard InChI is InChI=1S/C29H33NO4.C16H18O2.C13H17NO3/c1-4-5-23-20-27(34-26-9-6-21(2)7-10-26)11-13-29(23)32-16-15-25-19-24-18-22(14-17-33-31-3)8-12-28(24)30-25;1-3-4-13-11-15(9-10-16(13)17)18-14-7-5-12(2)6-8-14;1-16-17-7-5-10-2-3-13-11(8-10)9-12(14-13)4-6-15/h6-13,18-20,30H,4-5,14-17H2,1-3H3;5-11,17H,3-4H2,1-2H3;2-3,8-9,14-15H,4-7H2,1H3. The van der Waals surface area contributed by atoms with Crippen molar-refractivity contribution in [2.45, 2.75) is 79.1 Å². The van der Waals surface area contributed by atoms with E-state index in [0.29, 0.717) is 32.0 Å². The zero-order chi connectivity index (χ0) is 48.8. The first-order chi connectivity index (χ1) is 33.7. The Morgan fingerprint density at radius 2 is 0.942 bits per heavy atom. The highest BCUT2D eigenvalue weighted by Gasteiger charge is 2.10. The number of aliphatic hydroxyl groups is 1. The van der Waals surface area contributed by atoms with E-state index in [-0.39, 0.29) is 6.61 Å². The van der Waals surface area contributed by atoms with Crippen molar-refractivity contribution in [1.29, 1.82) is 0 Å². The number of phenolic OH excluding ortho intramolecular Hbond substituents is 1. The van der Waals surface area contributed by atoms with Crippen LogP contribution in [0.4, 0.5) is 0 Å². The van der Waals surface area contributed by atoms with Gasteiger partial charge in [-0.15, -0.1) is 0 Å². The van der Waals surface area contributed by atoms with E-state index in [1.165, 1.54) is 52.8 Å². The fraction of sp³-hybridized carbons (Fsp3) is 0.310. The number of nitrogens with one attached hydrogen (secondary N) is 2. The summed E-state index contributed by atoms with van der Waals surface area (Å²) >= 11 is 0. The summed E-state index contributed by atoms with van der Waals surface area (Å²) in [6, 6.07) is 44.5. The lowest BCUT2D eigenvalue weighted by atomic mass is 10.1. The minimum absolute atomic E-state index is 0.168. The number of phenols is 1. The third-order valence-corrected chi connectivity index (χ3v) is 11.3. The molecule has 0 saturated carbocycles. The quantitative estimate of drug-likeness (QED) is 0.0297. The normalized spacial score (nSPS) is 10.9. The molecule has 0 bridgehead atoms. The number of hydrogen-bond acceptors (Lipinski definition) is 9. The lowest BCUT2D eigenvalue weighted by Crippen LogP contribution is -2.04. The van der Waals surface area contributed by atoms with Crippen molar-refractivity contribution < 1.29 is 44.0 Å². The van der Waals surface area contributed by atoms with Crippen LogP contribution in [-0.4, -0.2) is 60.8 Å². The molecule has 2 heterocycles. The van der Waals surface area contributed by atoms with E-state index in [0.717, 1.165) is 102 Å². The fourth-order valence-corrected chi connectivity index (χ4v) is 7.75. The summed E-state index contributed by atoms with van der Waals surface area (Å²) < 4.78 is 18.0. The zero-order valence-corrected chi connectivity index (χ0v) is 40.9. The van der Waals surface area contributed by atoms with E-state index >= 15 is 0 Å². The predicted octanol–water partition coefficient (Wildman–Crippen LogP) is 13.2. The van der Waals surface area contributed by atoms with Crippen molar-refractivity contribution in [2.75, 3.05) is 40.6 Å². The van der Waals surface area contributed by atoms with Gasteiger partial charge in [-0.2, -0.15) is 0 Å². The van der Waals surface area contributed by atoms with Crippen LogP contribution in [0.3, 0.4) is 0 Å². The van der Waals surface area contributed by atoms with Crippen LogP contribution in [0.25, 0.3) is 21.8 Å². The molecule has 0 aliphatic heterocycles. The van der Waals surface area contributed by atoms with E-state index in [2.05, 4.69) is 107 Å². The molecule has 4 N–H and O–H groups in total. The Kier molecular flexibility index (Phi) is 20.6. The van der Waals surface area contributed by atoms with Gasteiger partial charge in [0, 0.05) is 41.9 Å². The number of hydrogen-bond donors (Lipinski definition) is 4. The average molecular weight is 937 g/mol. The molecule has 0 fully saturated rings. The van der Waals surface area contributed by atoms with Crippen LogP contribution in [0.5, 0.6) is 34.5 Å². The van der Waals surface area contributed by atoms with Gasteiger partial charge < -0.3 is 34.4 Å². The van der Waals surface area contributed by atoms with E-state index in [9.17, 15) is 5.11 Å². The van der Waals surface area contributed by atoms with Crippen molar-refractivity contribution in [3.05, 3.63) is 178 Å². The summed E-state index contributed by atoms with van der Waals surface area (Å²) in [5, 5.41) is 21.0. The highest BCUT2D eigenvalue weighted by atomic mass is 17.2. The SMILES string of the molecule is CCCc1cc(Oc2ccc(C)cc2)ccc1O.CCCc1cc(Oc2ccc(C)cc2)ccc1OCCc1cc2cc(CCOOC)ccc2[nH]1.COOCCc1ccc2[nH]c(CCO)cc2c1. The average Bonchev–Trinajstić information content (AvgIpc) is 3.96. The van der Waals surface area contributed by atoms with Crippen LogP contribution in [0.1, 0.15) is 71.5 Å². The Balaban J connectivity index is 0.000000188. The molecular formula is C58H68N2O9. The molecule has 6 aromatic carbocycles. The van der Waals surface area contributed by atoms with Crippen molar-refractivity contribution in [3.63, 3.8) is 0 Å². The second kappa shape index (κ2) is 27.4.